The number of thiazole rings is 1. The van der Waals surface area contributed by atoms with Crippen LogP contribution < -0.4 is 5.56 Å². The van der Waals surface area contributed by atoms with Gasteiger partial charge in [-0.25, -0.2) is 9.97 Å². The molecule has 3 aromatic rings. The van der Waals surface area contributed by atoms with Gasteiger partial charge in [-0.3, -0.25) is 14.3 Å². The molecule has 4 rings (SSSR count). The van der Waals surface area contributed by atoms with Crippen molar-refractivity contribution in [2.24, 2.45) is 0 Å². The SMILES string of the molecule is Cc1nc(C2CCCN(Cc3cccn3-c3nccs3)C2)cc(=O)[nH]1. The summed E-state index contributed by atoms with van der Waals surface area (Å²) in [5.74, 6) is 1.01. The second kappa shape index (κ2) is 6.93. The van der Waals surface area contributed by atoms with Gasteiger partial charge in [-0.15, -0.1) is 11.3 Å². The Morgan fingerprint density at radius 1 is 1.44 bits per heavy atom. The monoisotopic (exact) mass is 355 g/mol. The van der Waals surface area contributed by atoms with Crippen LogP contribution in [0.1, 0.15) is 36.0 Å². The summed E-state index contributed by atoms with van der Waals surface area (Å²) < 4.78 is 2.16. The molecular weight excluding hydrogens is 334 g/mol. The van der Waals surface area contributed by atoms with Crippen LogP contribution in [0, 0.1) is 6.92 Å². The Morgan fingerprint density at radius 2 is 2.36 bits per heavy atom. The van der Waals surface area contributed by atoms with Crippen molar-refractivity contribution in [2.75, 3.05) is 13.1 Å². The lowest BCUT2D eigenvalue weighted by Gasteiger charge is -2.32. The van der Waals surface area contributed by atoms with E-state index in [-0.39, 0.29) is 5.56 Å². The Kier molecular flexibility index (Phi) is 4.50. The second-order valence-corrected chi connectivity index (χ2v) is 7.39. The Labute approximate surface area is 150 Å². The molecule has 3 aromatic heterocycles. The number of nitrogens with one attached hydrogen (secondary N) is 1. The fraction of sp³-hybridized carbons (Fsp3) is 0.389. The third-order valence-corrected chi connectivity index (χ3v) is 5.42. The first-order valence-electron chi connectivity index (χ1n) is 8.55. The van der Waals surface area contributed by atoms with Crippen molar-refractivity contribution >= 4 is 11.3 Å². The van der Waals surface area contributed by atoms with E-state index in [0.717, 1.165) is 43.3 Å². The highest BCUT2D eigenvalue weighted by Gasteiger charge is 2.23. The molecule has 1 aliphatic heterocycles. The van der Waals surface area contributed by atoms with Crippen LogP contribution in [0.3, 0.4) is 0 Å². The molecule has 1 aliphatic rings. The van der Waals surface area contributed by atoms with E-state index in [4.69, 9.17) is 0 Å². The van der Waals surface area contributed by atoms with E-state index in [1.165, 1.54) is 5.69 Å². The summed E-state index contributed by atoms with van der Waals surface area (Å²) in [4.78, 5) is 25.9. The summed E-state index contributed by atoms with van der Waals surface area (Å²) in [5.41, 5.74) is 2.10. The largest absolute Gasteiger partial charge is 0.311 e. The first-order valence-corrected chi connectivity index (χ1v) is 9.43. The highest BCUT2D eigenvalue weighted by atomic mass is 32.1. The van der Waals surface area contributed by atoms with Crippen molar-refractivity contribution in [2.45, 2.75) is 32.2 Å². The molecule has 1 N–H and O–H groups in total. The molecule has 0 bridgehead atoms. The smallest absolute Gasteiger partial charge is 0.251 e. The number of likely N-dealkylation sites (tertiary alicyclic amines) is 1. The molecule has 7 heteroatoms. The van der Waals surface area contributed by atoms with Crippen molar-refractivity contribution in [3.05, 3.63) is 63.5 Å². The van der Waals surface area contributed by atoms with E-state index in [9.17, 15) is 4.79 Å². The minimum atomic E-state index is -0.0581. The fourth-order valence-corrected chi connectivity index (χ4v) is 4.20. The first kappa shape index (κ1) is 16.2. The first-order chi connectivity index (χ1) is 12.2. The molecule has 1 fully saturated rings. The maximum atomic E-state index is 11.7. The topological polar surface area (TPSA) is 66.8 Å². The number of hydrogen-bond acceptors (Lipinski definition) is 5. The van der Waals surface area contributed by atoms with Gasteiger partial charge in [0.15, 0.2) is 5.13 Å². The van der Waals surface area contributed by atoms with E-state index in [1.807, 2.05) is 18.5 Å². The van der Waals surface area contributed by atoms with Crippen LogP contribution in [0.25, 0.3) is 5.13 Å². The van der Waals surface area contributed by atoms with Crippen LogP contribution in [0.2, 0.25) is 0 Å². The number of rotatable bonds is 4. The fourth-order valence-electron chi connectivity index (χ4n) is 3.55. The number of aryl methyl sites for hydroxylation is 1. The average molecular weight is 355 g/mol. The van der Waals surface area contributed by atoms with Gasteiger partial charge >= 0.3 is 0 Å². The predicted octanol–water partition coefficient (Wildman–Crippen LogP) is 2.71. The minimum absolute atomic E-state index is 0.0581. The summed E-state index contributed by atoms with van der Waals surface area (Å²) in [6.45, 7) is 4.72. The molecule has 0 spiro atoms. The Balaban J connectivity index is 1.51. The van der Waals surface area contributed by atoms with E-state index < -0.39 is 0 Å². The standard InChI is InChI=1S/C18H21N5OS/c1-13-20-16(10-17(24)21-13)14-4-2-7-22(11-14)12-15-5-3-8-23(15)18-19-6-9-25-18/h3,5-6,8-10,14H,2,4,7,11-12H2,1H3,(H,20,21,24). The summed E-state index contributed by atoms with van der Waals surface area (Å²) in [7, 11) is 0. The third-order valence-electron chi connectivity index (χ3n) is 4.65. The minimum Gasteiger partial charge on any atom is -0.311 e. The molecule has 0 saturated carbocycles. The van der Waals surface area contributed by atoms with Gasteiger partial charge in [0.2, 0.25) is 0 Å². The lowest BCUT2D eigenvalue weighted by Crippen LogP contribution is -2.35. The zero-order valence-electron chi connectivity index (χ0n) is 14.2. The molecule has 6 nitrogen and oxygen atoms in total. The van der Waals surface area contributed by atoms with E-state index in [2.05, 4.69) is 42.7 Å². The maximum absolute atomic E-state index is 11.7. The van der Waals surface area contributed by atoms with Gasteiger partial charge < -0.3 is 4.98 Å². The average Bonchev–Trinajstić information content (AvgIpc) is 3.25. The van der Waals surface area contributed by atoms with Crippen LogP contribution in [0.4, 0.5) is 0 Å². The third kappa shape index (κ3) is 3.57. The summed E-state index contributed by atoms with van der Waals surface area (Å²) in [5, 5.41) is 3.00. The molecule has 1 unspecified atom stereocenters. The molecule has 0 aliphatic carbocycles. The zero-order chi connectivity index (χ0) is 17.2. The number of nitrogens with zero attached hydrogens (tertiary/aromatic N) is 4. The summed E-state index contributed by atoms with van der Waals surface area (Å²) in [6, 6.07) is 5.87. The molecule has 4 heterocycles. The van der Waals surface area contributed by atoms with E-state index in [1.54, 1.807) is 17.4 Å². The quantitative estimate of drug-likeness (QED) is 0.781. The van der Waals surface area contributed by atoms with Crippen molar-refractivity contribution in [3.63, 3.8) is 0 Å². The Morgan fingerprint density at radius 3 is 3.16 bits per heavy atom. The molecule has 25 heavy (non-hydrogen) atoms. The van der Waals surface area contributed by atoms with E-state index >= 15 is 0 Å². The van der Waals surface area contributed by atoms with Crippen LogP contribution in [0.5, 0.6) is 0 Å². The second-order valence-electron chi connectivity index (χ2n) is 6.51. The molecular formula is C18H21N5OS. The van der Waals surface area contributed by atoms with Gasteiger partial charge in [-0.1, -0.05) is 0 Å². The molecule has 1 saturated heterocycles. The van der Waals surface area contributed by atoms with Gasteiger partial charge in [-0.05, 0) is 38.4 Å². The summed E-state index contributed by atoms with van der Waals surface area (Å²) >= 11 is 1.64. The van der Waals surface area contributed by atoms with Gasteiger partial charge in [0.25, 0.3) is 5.56 Å². The number of H-pyrrole nitrogens is 1. The molecule has 0 aromatic carbocycles. The maximum Gasteiger partial charge on any atom is 0.251 e. The summed E-state index contributed by atoms with van der Waals surface area (Å²) in [6.07, 6.45) is 6.11. The Hall–Kier alpha value is -2.25. The molecule has 0 amide bonds. The normalized spacial score (nSPS) is 18.5. The molecule has 1 atom stereocenters. The van der Waals surface area contributed by atoms with Gasteiger partial charge in [0.05, 0.1) is 5.69 Å². The molecule has 0 radical (unpaired) electrons. The number of aromatic amines is 1. The number of hydrogen-bond donors (Lipinski definition) is 1. The lowest BCUT2D eigenvalue weighted by atomic mass is 9.94. The van der Waals surface area contributed by atoms with Crippen molar-refractivity contribution in [1.29, 1.82) is 0 Å². The van der Waals surface area contributed by atoms with Crippen LogP contribution >= 0.6 is 11.3 Å². The van der Waals surface area contributed by atoms with Crippen LogP contribution in [0.15, 0.2) is 40.8 Å². The number of aromatic nitrogens is 4. The zero-order valence-corrected chi connectivity index (χ0v) is 15.0. The van der Waals surface area contributed by atoms with Crippen LogP contribution in [-0.2, 0) is 6.54 Å². The molecule has 130 valence electrons. The van der Waals surface area contributed by atoms with Gasteiger partial charge in [0, 0.05) is 48.5 Å². The van der Waals surface area contributed by atoms with Crippen molar-refractivity contribution < 1.29 is 0 Å². The van der Waals surface area contributed by atoms with Crippen molar-refractivity contribution in [1.82, 2.24) is 24.4 Å². The number of piperidine rings is 1. The predicted molar refractivity (Wildman–Crippen MR) is 98.3 cm³/mol. The highest BCUT2D eigenvalue weighted by molar-refractivity contribution is 7.12. The van der Waals surface area contributed by atoms with E-state index in [0.29, 0.717) is 11.7 Å². The van der Waals surface area contributed by atoms with Gasteiger partial charge in [-0.2, -0.15) is 0 Å². The van der Waals surface area contributed by atoms with Gasteiger partial charge in [0.1, 0.15) is 5.82 Å². The lowest BCUT2D eigenvalue weighted by molar-refractivity contribution is 0.195. The Bertz CT molecular complexity index is 898. The highest BCUT2D eigenvalue weighted by Crippen LogP contribution is 2.26. The van der Waals surface area contributed by atoms with Crippen molar-refractivity contribution in [3.8, 4) is 5.13 Å². The van der Waals surface area contributed by atoms with Crippen LogP contribution in [-0.4, -0.2) is 37.5 Å².